The van der Waals surface area contributed by atoms with Crippen molar-refractivity contribution in [1.82, 2.24) is 20.2 Å². The van der Waals surface area contributed by atoms with Gasteiger partial charge in [0.15, 0.2) is 11.4 Å². The van der Waals surface area contributed by atoms with Crippen LogP contribution < -0.4 is 0 Å². The van der Waals surface area contributed by atoms with Gasteiger partial charge in [-0.2, -0.15) is 0 Å². The first kappa shape index (κ1) is 19.1. The summed E-state index contributed by atoms with van der Waals surface area (Å²) in [7, 11) is 0. The SMILES string of the molecule is Oc1c(-c2nnc(Cc3ccc(F)cc3)o2)nc(-c2ccc(Cl)cc2)c2cccnc12. The summed E-state index contributed by atoms with van der Waals surface area (Å²) in [6.07, 6.45) is 1.91. The molecule has 0 aliphatic carbocycles. The molecule has 0 amide bonds. The van der Waals surface area contributed by atoms with Crippen molar-refractivity contribution in [1.29, 1.82) is 0 Å². The molecule has 0 bridgehead atoms. The second-order valence-corrected chi connectivity index (χ2v) is 7.30. The Labute approximate surface area is 181 Å². The molecule has 0 spiro atoms. The molecule has 31 heavy (non-hydrogen) atoms. The zero-order valence-electron chi connectivity index (χ0n) is 16.0. The highest BCUT2D eigenvalue weighted by Gasteiger charge is 2.21. The highest BCUT2D eigenvalue weighted by Crippen LogP contribution is 2.37. The molecule has 0 aliphatic heterocycles. The molecule has 8 heteroatoms. The number of halogens is 2. The molecule has 5 aromatic rings. The van der Waals surface area contributed by atoms with Crippen LogP contribution in [0.2, 0.25) is 5.02 Å². The van der Waals surface area contributed by atoms with Crippen molar-refractivity contribution < 1.29 is 13.9 Å². The normalized spacial score (nSPS) is 11.2. The van der Waals surface area contributed by atoms with Gasteiger partial charge in [-0.3, -0.25) is 4.98 Å². The van der Waals surface area contributed by atoms with Gasteiger partial charge in [0.25, 0.3) is 5.89 Å². The Morgan fingerprint density at radius 3 is 2.48 bits per heavy atom. The third-order valence-corrected chi connectivity index (χ3v) is 5.04. The lowest BCUT2D eigenvalue weighted by Gasteiger charge is -2.10. The standard InChI is InChI=1S/C23H14ClFN4O2/c24-15-7-5-14(6-8-15)19-17-2-1-11-26-20(17)22(30)21(27-19)23-29-28-18(31-23)12-13-3-9-16(25)10-4-13/h1-11,30H,12H2. The summed E-state index contributed by atoms with van der Waals surface area (Å²) < 4.78 is 18.9. The summed E-state index contributed by atoms with van der Waals surface area (Å²) >= 11 is 6.02. The first-order chi connectivity index (χ1) is 15.1. The lowest BCUT2D eigenvalue weighted by Crippen LogP contribution is -1.94. The van der Waals surface area contributed by atoms with Crippen molar-refractivity contribution in [2.24, 2.45) is 0 Å². The van der Waals surface area contributed by atoms with Crippen LogP contribution in [0.1, 0.15) is 11.5 Å². The molecule has 0 radical (unpaired) electrons. The molecule has 0 saturated carbocycles. The molecule has 0 saturated heterocycles. The molecular weight excluding hydrogens is 419 g/mol. The van der Waals surface area contributed by atoms with E-state index in [1.54, 1.807) is 36.5 Å². The minimum absolute atomic E-state index is 0.0670. The van der Waals surface area contributed by atoms with E-state index in [0.717, 1.165) is 11.1 Å². The van der Waals surface area contributed by atoms with Crippen LogP contribution in [0, 0.1) is 5.82 Å². The van der Waals surface area contributed by atoms with Crippen LogP contribution >= 0.6 is 11.6 Å². The first-order valence-electron chi connectivity index (χ1n) is 9.39. The summed E-state index contributed by atoms with van der Waals surface area (Å²) in [5.41, 5.74) is 2.72. The number of benzene rings is 2. The number of nitrogens with zero attached hydrogens (tertiary/aromatic N) is 4. The minimum atomic E-state index is -0.317. The Bertz CT molecular complexity index is 1390. The fourth-order valence-corrected chi connectivity index (χ4v) is 3.42. The van der Waals surface area contributed by atoms with Crippen molar-refractivity contribution in [2.75, 3.05) is 0 Å². The van der Waals surface area contributed by atoms with Gasteiger partial charge in [0.1, 0.15) is 11.3 Å². The Hall–Kier alpha value is -3.84. The number of aromatic hydroxyl groups is 1. The fourth-order valence-electron chi connectivity index (χ4n) is 3.30. The summed E-state index contributed by atoms with van der Waals surface area (Å²) in [4.78, 5) is 8.94. The van der Waals surface area contributed by atoms with Crippen molar-refractivity contribution in [3.63, 3.8) is 0 Å². The Morgan fingerprint density at radius 1 is 0.935 bits per heavy atom. The van der Waals surface area contributed by atoms with Crippen molar-refractivity contribution in [2.45, 2.75) is 6.42 Å². The zero-order chi connectivity index (χ0) is 21.4. The molecule has 0 atom stereocenters. The zero-order valence-corrected chi connectivity index (χ0v) is 16.7. The second-order valence-electron chi connectivity index (χ2n) is 6.87. The highest BCUT2D eigenvalue weighted by molar-refractivity contribution is 6.30. The van der Waals surface area contributed by atoms with Gasteiger partial charge in [0, 0.05) is 22.2 Å². The maximum Gasteiger partial charge on any atom is 0.270 e. The molecule has 2 aromatic carbocycles. The van der Waals surface area contributed by atoms with Gasteiger partial charge in [-0.1, -0.05) is 35.9 Å². The lowest BCUT2D eigenvalue weighted by molar-refractivity contribution is 0.471. The smallest absolute Gasteiger partial charge is 0.270 e. The molecule has 3 aromatic heterocycles. The number of aromatic nitrogens is 4. The topological polar surface area (TPSA) is 84.9 Å². The molecule has 5 rings (SSSR count). The predicted octanol–water partition coefficient (Wildman–Crippen LogP) is 5.44. The molecule has 0 aliphatic rings. The van der Waals surface area contributed by atoms with Gasteiger partial charge >= 0.3 is 0 Å². The summed E-state index contributed by atoms with van der Waals surface area (Å²) in [6.45, 7) is 0. The Kier molecular flexibility index (Phi) is 4.80. The summed E-state index contributed by atoms with van der Waals surface area (Å²) in [6, 6.07) is 16.8. The van der Waals surface area contributed by atoms with E-state index in [2.05, 4.69) is 20.2 Å². The Morgan fingerprint density at radius 2 is 1.71 bits per heavy atom. The van der Waals surface area contributed by atoms with Crippen molar-refractivity contribution >= 4 is 22.5 Å². The summed E-state index contributed by atoms with van der Waals surface area (Å²) in [5.74, 6) is -0.0814. The number of fused-ring (bicyclic) bond motifs is 1. The number of pyridine rings is 2. The number of hydrogen-bond acceptors (Lipinski definition) is 6. The van der Waals surface area contributed by atoms with Gasteiger partial charge in [0.05, 0.1) is 12.1 Å². The Balaban J connectivity index is 1.60. The minimum Gasteiger partial charge on any atom is -0.504 e. The third kappa shape index (κ3) is 3.71. The van der Waals surface area contributed by atoms with Crippen LogP contribution in [0.15, 0.2) is 71.3 Å². The van der Waals surface area contributed by atoms with Crippen LogP contribution in [0.4, 0.5) is 4.39 Å². The van der Waals surface area contributed by atoms with Gasteiger partial charge < -0.3 is 9.52 Å². The van der Waals surface area contributed by atoms with E-state index in [-0.39, 0.29) is 23.2 Å². The molecule has 0 fully saturated rings. The highest BCUT2D eigenvalue weighted by atomic mass is 35.5. The van der Waals surface area contributed by atoms with Gasteiger partial charge in [-0.05, 0) is 42.0 Å². The predicted molar refractivity (Wildman–Crippen MR) is 114 cm³/mol. The lowest BCUT2D eigenvalue weighted by atomic mass is 10.1. The third-order valence-electron chi connectivity index (χ3n) is 4.79. The van der Waals surface area contributed by atoms with Gasteiger partial charge in [0.2, 0.25) is 5.89 Å². The first-order valence-corrected chi connectivity index (χ1v) is 9.77. The van der Waals surface area contributed by atoms with Crippen LogP contribution in [0.3, 0.4) is 0 Å². The average Bonchev–Trinajstić information content (AvgIpc) is 3.25. The quantitative estimate of drug-likeness (QED) is 0.407. The molecular formula is C23H14ClFN4O2. The van der Waals surface area contributed by atoms with Crippen molar-refractivity contribution in [3.8, 4) is 28.6 Å². The maximum absolute atomic E-state index is 13.1. The van der Waals surface area contributed by atoms with Crippen LogP contribution in [-0.2, 0) is 6.42 Å². The van der Waals surface area contributed by atoms with Crippen LogP contribution in [0.25, 0.3) is 33.7 Å². The molecule has 6 nitrogen and oxygen atoms in total. The molecule has 0 unspecified atom stereocenters. The number of rotatable bonds is 4. The fraction of sp³-hybridized carbons (Fsp3) is 0.0435. The van der Waals surface area contributed by atoms with E-state index in [1.165, 1.54) is 12.1 Å². The van der Waals surface area contributed by atoms with E-state index in [1.807, 2.05) is 18.2 Å². The maximum atomic E-state index is 13.1. The largest absolute Gasteiger partial charge is 0.504 e. The monoisotopic (exact) mass is 432 g/mol. The molecule has 3 heterocycles. The summed E-state index contributed by atoms with van der Waals surface area (Å²) in [5, 5.41) is 20.2. The molecule has 1 N–H and O–H groups in total. The van der Waals surface area contributed by atoms with E-state index in [4.69, 9.17) is 16.0 Å². The average molecular weight is 433 g/mol. The van der Waals surface area contributed by atoms with E-state index < -0.39 is 0 Å². The van der Waals surface area contributed by atoms with E-state index >= 15 is 0 Å². The van der Waals surface area contributed by atoms with Gasteiger partial charge in [-0.25, -0.2) is 9.37 Å². The van der Waals surface area contributed by atoms with Crippen LogP contribution in [-0.4, -0.2) is 25.3 Å². The van der Waals surface area contributed by atoms with E-state index in [0.29, 0.717) is 33.9 Å². The van der Waals surface area contributed by atoms with Crippen molar-refractivity contribution in [3.05, 3.63) is 89.2 Å². The van der Waals surface area contributed by atoms with E-state index in [9.17, 15) is 9.50 Å². The number of hydrogen-bond donors (Lipinski definition) is 1. The van der Waals surface area contributed by atoms with Gasteiger partial charge in [-0.15, -0.1) is 10.2 Å². The second kappa shape index (κ2) is 7.77. The molecule has 152 valence electrons. The van der Waals surface area contributed by atoms with Crippen LogP contribution in [0.5, 0.6) is 5.75 Å².